The van der Waals surface area contributed by atoms with Crippen molar-refractivity contribution in [2.75, 3.05) is 38.8 Å². The molecule has 0 bridgehead atoms. The maximum Gasteiger partial charge on any atom is 0.203 e. The number of anilines is 1. The Morgan fingerprint density at radius 3 is 2.80 bits per heavy atom. The van der Waals surface area contributed by atoms with Gasteiger partial charge in [0.05, 0.1) is 25.5 Å². The van der Waals surface area contributed by atoms with Crippen LogP contribution < -0.4 is 5.32 Å². The van der Waals surface area contributed by atoms with E-state index in [2.05, 4.69) is 28.0 Å². The highest BCUT2D eigenvalue weighted by molar-refractivity contribution is 5.29. The zero-order valence-corrected chi connectivity index (χ0v) is 12.7. The number of nitrogens with one attached hydrogen (secondary N) is 1. The largest absolute Gasteiger partial charge is 0.382 e. The van der Waals surface area contributed by atoms with E-state index in [4.69, 9.17) is 9.47 Å². The van der Waals surface area contributed by atoms with Crippen LogP contribution in [0.1, 0.15) is 43.8 Å². The SMILES string of the molecule is COCCOCCNc1nc(C)cn1C1CCCCC1. The minimum absolute atomic E-state index is 0.613. The van der Waals surface area contributed by atoms with Gasteiger partial charge in [0.1, 0.15) is 0 Å². The molecule has 0 radical (unpaired) electrons. The molecule has 1 aromatic heterocycles. The van der Waals surface area contributed by atoms with Gasteiger partial charge in [0.25, 0.3) is 0 Å². The van der Waals surface area contributed by atoms with Gasteiger partial charge in [0.2, 0.25) is 5.95 Å². The van der Waals surface area contributed by atoms with E-state index in [1.54, 1.807) is 7.11 Å². The van der Waals surface area contributed by atoms with Gasteiger partial charge in [-0.15, -0.1) is 0 Å². The van der Waals surface area contributed by atoms with Crippen molar-refractivity contribution in [1.82, 2.24) is 9.55 Å². The van der Waals surface area contributed by atoms with E-state index in [0.29, 0.717) is 25.9 Å². The summed E-state index contributed by atoms with van der Waals surface area (Å²) in [6.45, 7) is 4.82. The van der Waals surface area contributed by atoms with Crippen LogP contribution in [-0.4, -0.2) is 43.0 Å². The van der Waals surface area contributed by atoms with Crippen molar-refractivity contribution in [2.45, 2.75) is 45.1 Å². The summed E-state index contributed by atoms with van der Waals surface area (Å²) >= 11 is 0. The number of methoxy groups -OCH3 is 1. The molecule has 20 heavy (non-hydrogen) atoms. The summed E-state index contributed by atoms with van der Waals surface area (Å²) in [6, 6.07) is 0.613. The summed E-state index contributed by atoms with van der Waals surface area (Å²) in [7, 11) is 1.69. The van der Waals surface area contributed by atoms with E-state index in [1.807, 2.05) is 0 Å². The second-order valence-electron chi connectivity index (χ2n) is 5.44. The van der Waals surface area contributed by atoms with E-state index < -0.39 is 0 Å². The Hall–Kier alpha value is -1.07. The fraction of sp³-hybridized carbons (Fsp3) is 0.800. The summed E-state index contributed by atoms with van der Waals surface area (Å²) in [6.07, 6.45) is 8.76. The first-order valence-electron chi connectivity index (χ1n) is 7.67. The van der Waals surface area contributed by atoms with Crippen molar-refractivity contribution in [2.24, 2.45) is 0 Å². The highest BCUT2D eigenvalue weighted by atomic mass is 16.5. The molecular formula is C15H27N3O2. The maximum atomic E-state index is 5.46. The first-order chi connectivity index (χ1) is 9.81. The van der Waals surface area contributed by atoms with E-state index in [0.717, 1.165) is 18.2 Å². The Labute approximate surface area is 121 Å². The van der Waals surface area contributed by atoms with Gasteiger partial charge < -0.3 is 19.4 Å². The second-order valence-corrected chi connectivity index (χ2v) is 5.44. The first kappa shape index (κ1) is 15.3. The highest BCUT2D eigenvalue weighted by Gasteiger charge is 2.18. The number of nitrogens with zero attached hydrogens (tertiary/aromatic N) is 2. The fourth-order valence-corrected chi connectivity index (χ4v) is 2.76. The lowest BCUT2D eigenvalue weighted by atomic mass is 9.95. The lowest BCUT2D eigenvalue weighted by molar-refractivity contribution is 0.0758. The summed E-state index contributed by atoms with van der Waals surface area (Å²) < 4.78 is 12.7. The zero-order valence-electron chi connectivity index (χ0n) is 12.7. The predicted octanol–water partition coefficient (Wildman–Crippen LogP) is 2.77. The smallest absolute Gasteiger partial charge is 0.203 e. The van der Waals surface area contributed by atoms with Crippen LogP contribution in [-0.2, 0) is 9.47 Å². The van der Waals surface area contributed by atoms with Gasteiger partial charge in [-0.3, -0.25) is 0 Å². The first-order valence-corrected chi connectivity index (χ1v) is 7.67. The van der Waals surface area contributed by atoms with Gasteiger partial charge in [-0.1, -0.05) is 19.3 Å². The molecule has 1 aliphatic rings. The van der Waals surface area contributed by atoms with E-state index in [1.165, 1.54) is 32.1 Å². The topological polar surface area (TPSA) is 48.3 Å². The Kier molecular flexibility index (Phi) is 6.33. The lowest BCUT2D eigenvalue weighted by Crippen LogP contribution is -2.18. The molecule has 114 valence electrons. The third-order valence-corrected chi connectivity index (χ3v) is 3.78. The van der Waals surface area contributed by atoms with Crippen molar-refractivity contribution < 1.29 is 9.47 Å². The quantitative estimate of drug-likeness (QED) is 0.744. The average Bonchev–Trinajstić information content (AvgIpc) is 2.85. The molecule has 5 heteroatoms. The molecule has 1 N–H and O–H groups in total. The zero-order chi connectivity index (χ0) is 14.2. The summed E-state index contributed by atoms with van der Waals surface area (Å²) in [5, 5.41) is 3.39. The normalized spacial score (nSPS) is 16.5. The second kappa shape index (κ2) is 8.27. The minimum Gasteiger partial charge on any atom is -0.382 e. The van der Waals surface area contributed by atoms with Crippen LogP contribution in [0.15, 0.2) is 6.20 Å². The van der Waals surface area contributed by atoms with E-state index >= 15 is 0 Å². The molecule has 1 aliphatic carbocycles. The number of aryl methyl sites for hydroxylation is 1. The molecular weight excluding hydrogens is 254 g/mol. The van der Waals surface area contributed by atoms with Crippen molar-refractivity contribution in [3.63, 3.8) is 0 Å². The van der Waals surface area contributed by atoms with Crippen LogP contribution in [0.5, 0.6) is 0 Å². The number of aromatic nitrogens is 2. The Morgan fingerprint density at radius 2 is 2.05 bits per heavy atom. The van der Waals surface area contributed by atoms with Crippen LogP contribution in [0.2, 0.25) is 0 Å². The molecule has 0 amide bonds. The van der Waals surface area contributed by atoms with Crippen molar-refractivity contribution in [3.05, 3.63) is 11.9 Å². The van der Waals surface area contributed by atoms with Gasteiger partial charge in [0.15, 0.2) is 0 Å². The van der Waals surface area contributed by atoms with Gasteiger partial charge >= 0.3 is 0 Å². The number of imidazole rings is 1. The average molecular weight is 281 g/mol. The standard InChI is InChI=1S/C15H27N3O2/c1-13-12-18(14-6-4-3-5-7-14)15(17-13)16-8-9-20-11-10-19-2/h12,14H,3-11H2,1-2H3,(H,16,17). The number of rotatable bonds is 8. The monoisotopic (exact) mass is 281 g/mol. The maximum absolute atomic E-state index is 5.46. The number of hydrogen-bond acceptors (Lipinski definition) is 4. The molecule has 1 aromatic rings. The molecule has 0 aliphatic heterocycles. The molecule has 1 fully saturated rings. The summed E-state index contributed by atoms with van der Waals surface area (Å²) in [5.74, 6) is 0.991. The molecule has 0 spiro atoms. The molecule has 0 atom stereocenters. The van der Waals surface area contributed by atoms with Crippen LogP contribution in [0, 0.1) is 6.92 Å². The summed E-state index contributed by atoms with van der Waals surface area (Å²) in [4.78, 5) is 4.59. The molecule has 1 heterocycles. The Morgan fingerprint density at radius 1 is 1.25 bits per heavy atom. The highest BCUT2D eigenvalue weighted by Crippen LogP contribution is 2.30. The lowest BCUT2D eigenvalue weighted by Gasteiger charge is -2.24. The third-order valence-electron chi connectivity index (χ3n) is 3.78. The van der Waals surface area contributed by atoms with Gasteiger partial charge in [-0.2, -0.15) is 0 Å². The Balaban J connectivity index is 1.81. The third kappa shape index (κ3) is 4.49. The van der Waals surface area contributed by atoms with E-state index in [9.17, 15) is 0 Å². The predicted molar refractivity (Wildman–Crippen MR) is 80.3 cm³/mol. The number of ether oxygens (including phenoxy) is 2. The van der Waals surface area contributed by atoms with Crippen LogP contribution in [0.4, 0.5) is 5.95 Å². The molecule has 0 saturated heterocycles. The van der Waals surface area contributed by atoms with Crippen LogP contribution in [0.25, 0.3) is 0 Å². The van der Waals surface area contributed by atoms with Gasteiger partial charge in [-0.25, -0.2) is 4.98 Å². The fourth-order valence-electron chi connectivity index (χ4n) is 2.76. The van der Waals surface area contributed by atoms with E-state index in [-0.39, 0.29) is 0 Å². The van der Waals surface area contributed by atoms with Crippen molar-refractivity contribution in [3.8, 4) is 0 Å². The molecule has 0 unspecified atom stereocenters. The molecule has 1 saturated carbocycles. The summed E-state index contributed by atoms with van der Waals surface area (Å²) in [5.41, 5.74) is 1.08. The Bertz CT molecular complexity index is 386. The molecule has 0 aromatic carbocycles. The van der Waals surface area contributed by atoms with Crippen LogP contribution in [0.3, 0.4) is 0 Å². The molecule has 2 rings (SSSR count). The van der Waals surface area contributed by atoms with Crippen LogP contribution >= 0.6 is 0 Å². The van der Waals surface area contributed by atoms with Crippen molar-refractivity contribution >= 4 is 5.95 Å². The minimum atomic E-state index is 0.613. The molecule has 5 nitrogen and oxygen atoms in total. The van der Waals surface area contributed by atoms with Crippen molar-refractivity contribution in [1.29, 1.82) is 0 Å². The van der Waals surface area contributed by atoms with Gasteiger partial charge in [-0.05, 0) is 19.8 Å². The van der Waals surface area contributed by atoms with Gasteiger partial charge in [0, 0.05) is 25.9 Å². The number of hydrogen-bond donors (Lipinski definition) is 1.